The highest BCUT2D eigenvalue weighted by atomic mass is 15.4. The van der Waals surface area contributed by atoms with Crippen molar-refractivity contribution >= 4 is 0 Å². The predicted octanol–water partition coefficient (Wildman–Crippen LogP) is -1.40. The fourth-order valence-corrected chi connectivity index (χ4v) is 2.88. The average Bonchev–Trinajstić information content (AvgIpc) is 1.74. The molecule has 0 heterocycles. The molecule has 1 aliphatic rings. The zero-order chi connectivity index (χ0) is 11.0. The van der Waals surface area contributed by atoms with Crippen LogP contribution in [-0.4, -0.2) is 24.8 Å². The molecule has 0 aromatic rings. The average molecular weight is 201 g/mol. The van der Waals surface area contributed by atoms with E-state index in [1.54, 1.807) is 7.05 Å². The third-order valence-corrected chi connectivity index (χ3v) is 2.78. The second-order valence-corrected chi connectivity index (χ2v) is 5.24. The minimum absolute atomic E-state index is 0.368. The molecular formula is C9H23N5. The molecule has 0 aliphatic heterocycles. The van der Waals surface area contributed by atoms with Gasteiger partial charge in [0.25, 0.3) is 0 Å². The molecule has 5 heteroatoms. The lowest BCUT2D eigenvalue weighted by Crippen LogP contribution is -3.05. The van der Waals surface area contributed by atoms with Crippen molar-refractivity contribution in [1.29, 1.82) is 0 Å². The molecule has 0 aromatic heterocycles. The van der Waals surface area contributed by atoms with Crippen LogP contribution in [0.15, 0.2) is 0 Å². The third-order valence-electron chi connectivity index (χ3n) is 2.78. The van der Waals surface area contributed by atoms with Crippen molar-refractivity contribution in [2.24, 2.45) is 23.1 Å². The second-order valence-electron chi connectivity index (χ2n) is 5.24. The maximum Gasteiger partial charge on any atom is 0.0863 e. The first-order valence-corrected chi connectivity index (χ1v) is 5.13. The van der Waals surface area contributed by atoms with Crippen LogP contribution in [-0.2, 0) is 0 Å². The maximum absolute atomic E-state index is 7.49. The van der Waals surface area contributed by atoms with Crippen molar-refractivity contribution in [3.8, 4) is 0 Å². The van der Waals surface area contributed by atoms with Gasteiger partial charge in [-0.3, -0.25) is 0 Å². The fraction of sp³-hybridized carbons (Fsp3) is 1.00. The van der Waals surface area contributed by atoms with Gasteiger partial charge in [-0.1, -0.05) is 6.92 Å². The molecule has 1 rings (SSSR count). The largest absolute Gasteiger partial charge is 0.470 e. The van der Waals surface area contributed by atoms with E-state index in [0.29, 0.717) is 23.9 Å². The molecule has 3 unspecified atom stereocenters. The summed E-state index contributed by atoms with van der Waals surface area (Å²) in [6.45, 7) is 2.72. The number of nitrogens with two attached hydrogens (primary N) is 3. The Kier molecular flexibility index (Phi) is 3.18. The first kappa shape index (κ1) is 11.9. The maximum atomic E-state index is 7.49. The lowest BCUT2D eigenvalue weighted by molar-refractivity contribution is -0.831. The summed E-state index contributed by atoms with van der Waals surface area (Å²) in [6, 6.07) is 0. The topological polar surface area (TPSA) is 106 Å². The highest BCUT2D eigenvalue weighted by Gasteiger charge is 2.42. The van der Waals surface area contributed by atoms with Gasteiger partial charge in [-0.2, -0.15) is 0 Å². The smallest absolute Gasteiger partial charge is 0.0863 e. The Labute approximate surface area is 85.7 Å². The van der Waals surface area contributed by atoms with Gasteiger partial charge in [0.15, 0.2) is 0 Å². The molecule has 0 spiro atoms. The molecule has 8 N–H and O–H groups in total. The van der Waals surface area contributed by atoms with E-state index >= 15 is 0 Å². The highest BCUT2D eigenvalue weighted by Crippen LogP contribution is 2.32. The highest BCUT2D eigenvalue weighted by molar-refractivity contribution is 4.99. The molecule has 0 radical (unpaired) electrons. The van der Waals surface area contributed by atoms with Crippen molar-refractivity contribution in [2.45, 2.75) is 37.4 Å². The van der Waals surface area contributed by atoms with Crippen LogP contribution in [0.4, 0.5) is 0 Å². The van der Waals surface area contributed by atoms with Gasteiger partial charge in [0.1, 0.15) is 0 Å². The Hall–Kier alpha value is -0.200. The number of rotatable bonds is 2. The van der Waals surface area contributed by atoms with E-state index in [9.17, 15) is 0 Å². The summed E-state index contributed by atoms with van der Waals surface area (Å²) in [5.41, 5.74) is 17.1. The third kappa shape index (κ3) is 3.18. The van der Waals surface area contributed by atoms with Gasteiger partial charge >= 0.3 is 0 Å². The van der Waals surface area contributed by atoms with Crippen LogP contribution in [0.25, 0.3) is 5.84 Å². The first-order valence-electron chi connectivity index (χ1n) is 5.13. The number of likely N-dealkylation sites (N-methyl/N-ethyl adjacent to an activating group) is 1. The zero-order valence-corrected chi connectivity index (χ0v) is 9.14. The Balaban J connectivity index is 2.68. The summed E-state index contributed by atoms with van der Waals surface area (Å²) in [4.78, 5) is 0. The minimum Gasteiger partial charge on any atom is -0.470 e. The molecular weight excluding hydrogens is 178 g/mol. The summed E-state index contributed by atoms with van der Waals surface area (Å²) >= 11 is 0. The molecule has 1 aliphatic carbocycles. The van der Waals surface area contributed by atoms with Crippen molar-refractivity contribution in [2.75, 3.05) is 13.6 Å². The molecule has 84 valence electrons. The normalized spacial score (nSPS) is 39.4. The molecule has 3 atom stereocenters. The lowest BCUT2D eigenvalue weighted by atomic mass is 9.71. The Morgan fingerprint density at radius 2 is 1.93 bits per heavy atom. The summed E-state index contributed by atoms with van der Waals surface area (Å²) in [5, 5.41) is 0.609. The van der Waals surface area contributed by atoms with Crippen LogP contribution >= 0.6 is 0 Å². The van der Waals surface area contributed by atoms with Crippen molar-refractivity contribution in [3.05, 3.63) is 5.84 Å². The molecule has 0 bridgehead atoms. The number of nitrogens with one attached hydrogen (secondary N) is 2. The van der Waals surface area contributed by atoms with Crippen LogP contribution in [0.5, 0.6) is 0 Å². The number of quaternary nitrogens is 1. The molecule has 5 nitrogen and oxygen atoms in total. The lowest BCUT2D eigenvalue weighted by Gasteiger charge is -2.45. The van der Waals surface area contributed by atoms with E-state index < -0.39 is 5.66 Å². The van der Waals surface area contributed by atoms with E-state index in [0.717, 1.165) is 12.8 Å². The standard InChI is InChI=1S/C9H23N5/c1-7-3-8(10,6-14(2)13)5-9(11,12)4-7/h7,13-14H,3-6,10-12H2,1-2H3. The molecule has 0 saturated heterocycles. The fourth-order valence-electron chi connectivity index (χ4n) is 2.88. The quantitative estimate of drug-likeness (QED) is 0.326. The SMILES string of the molecule is CC1CC(N)(N)CC(N)(C[NH+](C)[NH-])C1. The van der Waals surface area contributed by atoms with Gasteiger partial charge in [0.05, 0.1) is 24.8 Å². The Morgan fingerprint density at radius 3 is 2.36 bits per heavy atom. The summed E-state index contributed by atoms with van der Waals surface area (Å²) in [7, 11) is 1.78. The van der Waals surface area contributed by atoms with Gasteiger partial charge in [-0.25, -0.2) is 0 Å². The number of hydrogen-bond donors (Lipinski definition) is 4. The van der Waals surface area contributed by atoms with E-state index in [2.05, 4.69) is 6.92 Å². The van der Waals surface area contributed by atoms with Crippen molar-refractivity contribution in [1.82, 2.24) is 0 Å². The van der Waals surface area contributed by atoms with Gasteiger partial charge in [-0.15, -0.1) is 0 Å². The monoisotopic (exact) mass is 201 g/mol. The first-order chi connectivity index (χ1) is 6.22. The van der Waals surface area contributed by atoms with E-state index in [1.165, 1.54) is 0 Å². The Bertz CT molecular complexity index is 199. The van der Waals surface area contributed by atoms with Crippen molar-refractivity contribution in [3.63, 3.8) is 0 Å². The zero-order valence-electron chi connectivity index (χ0n) is 9.14. The van der Waals surface area contributed by atoms with Crippen LogP contribution in [0.2, 0.25) is 0 Å². The Morgan fingerprint density at radius 1 is 1.36 bits per heavy atom. The summed E-state index contributed by atoms with van der Waals surface area (Å²) in [5.74, 6) is 7.94. The van der Waals surface area contributed by atoms with Crippen LogP contribution in [0.1, 0.15) is 26.2 Å². The molecule has 0 amide bonds. The van der Waals surface area contributed by atoms with Gasteiger partial charge in [0.2, 0.25) is 0 Å². The molecule has 1 saturated carbocycles. The minimum atomic E-state index is -0.651. The van der Waals surface area contributed by atoms with Gasteiger partial charge < -0.3 is 28.1 Å². The van der Waals surface area contributed by atoms with E-state index in [4.69, 9.17) is 23.0 Å². The van der Waals surface area contributed by atoms with E-state index in [-0.39, 0.29) is 5.54 Å². The van der Waals surface area contributed by atoms with Crippen LogP contribution in [0.3, 0.4) is 0 Å². The molecule has 14 heavy (non-hydrogen) atoms. The van der Waals surface area contributed by atoms with Gasteiger partial charge in [-0.05, 0) is 18.8 Å². The number of hydrogen-bond acceptors (Lipinski definition) is 3. The van der Waals surface area contributed by atoms with Gasteiger partial charge in [0, 0.05) is 6.42 Å². The van der Waals surface area contributed by atoms with Crippen molar-refractivity contribution < 1.29 is 5.01 Å². The summed E-state index contributed by atoms with van der Waals surface area (Å²) in [6.07, 6.45) is 2.35. The molecule has 1 fully saturated rings. The molecule has 0 aromatic carbocycles. The van der Waals surface area contributed by atoms with Crippen LogP contribution in [0, 0.1) is 5.92 Å². The van der Waals surface area contributed by atoms with E-state index in [1.807, 2.05) is 0 Å². The summed E-state index contributed by atoms with van der Waals surface area (Å²) < 4.78 is 0. The predicted molar refractivity (Wildman–Crippen MR) is 57.1 cm³/mol. The second kappa shape index (κ2) is 3.75. The van der Waals surface area contributed by atoms with Crippen LogP contribution < -0.4 is 22.2 Å².